The molecule has 1 aromatic carbocycles. The minimum atomic E-state index is -0.0853. The fourth-order valence-electron chi connectivity index (χ4n) is 2.17. The predicted octanol–water partition coefficient (Wildman–Crippen LogP) is 3.46. The second-order valence-electron chi connectivity index (χ2n) is 4.90. The first-order valence-electron chi connectivity index (χ1n) is 6.69. The van der Waals surface area contributed by atoms with E-state index >= 15 is 0 Å². The molecule has 0 radical (unpaired) electrons. The molecule has 1 atom stereocenters. The Bertz CT molecular complexity index is 610. The number of nitrogens with zero attached hydrogens (tertiary/aromatic N) is 2. The lowest BCUT2D eigenvalue weighted by molar-refractivity contribution is 0.0385. The highest BCUT2D eigenvalue weighted by molar-refractivity contribution is 6.31. The Kier molecular flexibility index (Phi) is 3.63. The van der Waals surface area contributed by atoms with Crippen molar-refractivity contribution in [3.63, 3.8) is 0 Å². The molecular formula is C14H16ClN3O2. The third kappa shape index (κ3) is 2.64. The smallest absolute Gasteiger partial charge is 0.260 e. The highest BCUT2D eigenvalue weighted by Crippen LogP contribution is 2.42. The van der Waals surface area contributed by atoms with E-state index in [1.807, 2.05) is 6.92 Å². The van der Waals surface area contributed by atoms with Crippen LogP contribution in [0.1, 0.15) is 31.7 Å². The molecule has 106 valence electrons. The molecule has 0 aliphatic heterocycles. The maximum atomic E-state index is 5.98. The third-order valence-electron chi connectivity index (χ3n) is 3.34. The van der Waals surface area contributed by atoms with Gasteiger partial charge < -0.3 is 15.0 Å². The topological polar surface area (TPSA) is 74.2 Å². The van der Waals surface area contributed by atoms with Crippen LogP contribution in [0.5, 0.6) is 0 Å². The minimum Gasteiger partial charge on any atom is -0.398 e. The second-order valence-corrected chi connectivity index (χ2v) is 5.34. The van der Waals surface area contributed by atoms with E-state index in [4.69, 9.17) is 26.6 Å². The summed E-state index contributed by atoms with van der Waals surface area (Å²) in [6.07, 6.45) is 2.21. The Balaban J connectivity index is 1.90. The van der Waals surface area contributed by atoms with Crippen LogP contribution in [-0.2, 0) is 4.74 Å². The molecule has 0 amide bonds. The minimum absolute atomic E-state index is 0.0853. The number of hydrogen-bond acceptors (Lipinski definition) is 5. The van der Waals surface area contributed by atoms with E-state index in [1.54, 1.807) is 18.2 Å². The number of ether oxygens (including phenoxy) is 1. The van der Waals surface area contributed by atoms with E-state index in [0.29, 0.717) is 40.5 Å². The zero-order valence-corrected chi connectivity index (χ0v) is 11.9. The van der Waals surface area contributed by atoms with Gasteiger partial charge in [0, 0.05) is 17.3 Å². The van der Waals surface area contributed by atoms with Crippen molar-refractivity contribution in [2.45, 2.75) is 25.9 Å². The molecule has 1 heterocycles. The molecule has 2 N–H and O–H groups in total. The summed E-state index contributed by atoms with van der Waals surface area (Å²) in [7, 11) is 0. The van der Waals surface area contributed by atoms with E-state index in [2.05, 4.69) is 10.1 Å². The maximum Gasteiger partial charge on any atom is 0.260 e. The van der Waals surface area contributed by atoms with Gasteiger partial charge in [-0.3, -0.25) is 0 Å². The van der Waals surface area contributed by atoms with Gasteiger partial charge in [0.05, 0.1) is 5.56 Å². The van der Waals surface area contributed by atoms with Crippen LogP contribution in [0.3, 0.4) is 0 Å². The highest BCUT2D eigenvalue weighted by Gasteiger charge is 2.36. The van der Waals surface area contributed by atoms with Crippen molar-refractivity contribution in [1.29, 1.82) is 0 Å². The number of hydrogen-bond donors (Lipinski definition) is 1. The number of anilines is 1. The molecule has 1 unspecified atom stereocenters. The normalized spacial score (nSPS) is 16.3. The van der Waals surface area contributed by atoms with E-state index in [1.165, 1.54) is 0 Å². The number of halogens is 1. The zero-order chi connectivity index (χ0) is 14.1. The van der Waals surface area contributed by atoms with Crippen molar-refractivity contribution in [2.24, 2.45) is 5.92 Å². The SMILES string of the molecule is CCOC(c1noc(-c2cc(Cl)ccc2N)n1)C1CC1. The first-order chi connectivity index (χ1) is 9.69. The van der Waals surface area contributed by atoms with Gasteiger partial charge in [0.2, 0.25) is 5.82 Å². The molecule has 1 aliphatic rings. The lowest BCUT2D eigenvalue weighted by Gasteiger charge is -2.11. The van der Waals surface area contributed by atoms with Gasteiger partial charge in [-0.25, -0.2) is 0 Å². The number of aromatic nitrogens is 2. The number of benzene rings is 1. The van der Waals surface area contributed by atoms with Crippen LogP contribution in [0, 0.1) is 5.92 Å². The van der Waals surface area contributed by atoms with Crippen LogP contribution in [0.4, 0.5) is 5.69 Å². The van der Waals surface area contributed by atoms with Gasteiger partial charge in [0.15, 0.2) is 0 Å². The molecule has 0 spiro atoms. The van der Waals surface area contributed by atoms with Crippen LogP contribution >= 0.6 is 11.6 Å². The molecule has 1 aromatic heterocycles. The number of nitrogens with two attached hydrogens (primary N) is 1. The fourth-order valence-corrected chi connectivity index (χ4v) is 2.35. The quantitative estimate of drug-likeness (QED) is 0.855. The van der Waals surface area contributed by atoms with Gasteiger partial charge in [0.1, 0.15) is 6.10 Å². The van der Waals surface area contributed by atoms with Gasteiger partial charge >= 0.3 is 0 Å². The third-order valence-corrected chi connectivity index (χ3v) is 3.57. The Morgan fingerprint density at radius 2 is 2.30 bits per heavy atom. The van der Waals surface area contributed by atoms with Crippen LogP contribution in [0.2, 0.25) is 5.02 Å². The Labute approximate surface area is 122 Å². The average molecular weight is 294 g/mol. The molecule has 2 aromatic rings. The predicted molar refractivity (Wildman–Crippen MR) is 76.2 cm³/mol. The molecule has 6 heteroatoms. The average Bonchev–Trinajstić information content (AvgIpc) is 3.16. The first-order valence-corrected chi connectivity index (χ1v) is 7.07. The van der Waals surface area contributed by atoms with E-state index in [0.717, 1.165) is 12.8 Å². The van der Waals surface area contributed by atoms with Crippen molar-refractivity contribution in [1.82, 2.24) is 10.1 Å². The summed E-state index contributed by atoms with van der Waals surface area (Å²) in [5.41, 5.74) is 7.13. The van der Waals surface area contributed by atoms with Gasteiger partial charge in [-0.1, -0.05) is 16.8 Å². The number of nitrogen functional groups attached to an aromatic ring is 1. The van der Waals surface area contributed by atoms with Crippen molar-refractivity contribution < 1.29 is 9.26 Å². The largest absolute Gasteiger partial charge is 0.398 e. The van der Waals surface area contributed by atoms with Crippen molar-refractivity contribution in [3.8, 4) is 11.5 Å². The first kappa shape index (κ1) is 13.4. The molecule has 3 rings (SSSR count). The van der Waals surface area contributed by atoms with Gasteiger partial charge in [-0.2, -0.15) is 4.98 Å². The van der Waals surface area contributed by atoms with Crippen LogP contribution < -0.4 is 5.73 Å². The van der Waals surface area contributed by atoms with E-state index in [-0.39, 0.29) is 6.10 Å². The Morgan fingerprint density at radius 3 is 3.00 bits per heavy atom. The van der Waals surface area contributed by atoms with E-state index < -0.39 is 0 Å². The van der Waals surface area contributed by atoms with Gasteiger partial charge in [-0.15, -0.1) is 0 Å². The molecule has 1 aliphatic carbocycles. The maximum absolute atomic E-state index is 5.98. The lowest BCUT2D eigenvalue weighted by atomic mass is 10.2. The molecule has 1 fully saturated rings. The molecular weight excluding hydrogens is 278 g/mol. The summed E-state index contributed by atoms with van der Waals surface area (Å²) in [6, 6.07) is 5.17. The number of rotatable bonds is 5. The highest BCUT2D eigenvalue weighted by atomic mass is 35.5. The van der Waals surface area contributed by atoms with Crippen molar-refractivity contribution in [2.75, 3.05) is 12.3 Å². The molecule has 5 nitrogen and oxygen atoms in total. The van der Waals surface area contributed by atoms with Crippen LogP contribution in [-0.4, -0.2) is 16.7 Å². The molecule has 0 saturated heterocycles. The summed E-state index contributed by atoms with van der Waals surface area (Å²) in [6.45, 7) is 2.59. The standard InChI is InChI=1S/C14H16ClN3O2/c1-2-19-12(8-3-4-8)13-17-14(20-18-13)10-7-9(15)5-6-11(10)16/h5-8,12H,2-4,16H2,1H3. The Hall–Kier alpha value is -1.59. The van der Waals surface area contributed by atoms with Gasteiger partial charge in [-0.05, 0) is 43.9 Å². The summed E-state index contributed by atoms with van der Waals surface area (Å²) in [4.78, 5) is 4.42. The van der Waals surface area contributed by atoms with Crippen molar-refractivity contribution >= 4 is 17.3 Å². The zero-order valence-electron chi connectivity index (χ0n) is 11.2. The lowest BCUT2D eigenvalue weighted by Crippen LogP contribution is -2.08. The summed E-state index contributed by atoms with van der Waals surface area (Å²) in [5.74, 6) is 1.46. The van der Waals surface area contributed by atoms with Crippen LogP contribution in [0.15, 0.2) is 22.7 Å². The molecule has 20 heavy (non-hydrogen) atoms. The van der Waals surface area contributed by atoms with Gasteiger partial charge in [0.25, 0.3) is 5.89 Å². The van der Waals surface area contributed by atoms with Crippen LogP contribution in [0.25, 0.3) is 11.5 Å². The fraction of sp³-hybridized carbons (Fsp3) is 0.429. The summed E-state index contributed by atoms with van der Waals surface area (Å²) in [5, 5.41) is 4.61. The van der Waals surface area contributed by atoms with Crippen molar-refractivity contribution in [3.05, 3.63) is 29.0 Å². The molecule has 1 saturated carbocycles. The monoisotopic (exact) mass is 293 g/mol. The Morgan fingerprint density at radius 1 is 1.50 bits per heavy atom. The summed E-state index contributed by atoms with van der Waals surface area (Å²) < 4.78 is 11.0. The second kappa shape index (κ2) is 5.42. The molecule has 0 bridgehead atoms. The summed E-state index contributed by atoms with van der Waals surface area (Å²) >= 11 is 5.98. The van der Waals surface area contributed by atoms with E-state index in [9.17, 15) is 0 Å².